The molecule has 3 rings (SSSR count). The van der Waals surface area contributed by atoms with Crippen LogP contribution in [-0.2, 0) is 0 Å². The third kappa shape index (κ3) is 10.0. The van der Waals surface area contributed by atoms with E-state index < -0.39 is 0 Å². The van der Waals surface area contributed by atoms with Gasteiger partial charge < -0.3 is 15.2 Å². The van der Waals surface area contributed by atoms with E-state index in [1.165, 1.54) is 5.75 Å². The van der Waals surface area contributed by atoms with E-state index in [2.05, 4.69) is 19.2 Å². The minimum atomic E-state index is 0.149. The molecule has 1 fully saturated rings. The van der Waals surface area contributed by atoms with Crippen molar-refractivity contribution < 1.29 is 9.84 Å². The molecule has 2 unspecified atom stereocenters. The number of hydrogen-bond acceptors (Lipinski definition) is 4. The number of thioether (sulfide) groups is 1. The van der Waals surface area contributed by atoms with Gasteiger partial charge in [-0.25, -0.2) is 0 Å². The van der Waals surface area contributed by atoms with E-state index in [1.807, 2.05) is 75.9 Å². The van der Waals surface area contributed by atoms with Crippen molar-refractivity contribution in [1.82, 2.24) is 5.32 Å². The van der Waals surface area contributed by atoms with Gasteiger partial charge in [0.15, 0.2) is 11.5 Å². The molecule has 1 heterocycles. The monoisotopic (exact) mass is 363 g/mol. The Labute approximate surface area is 157 Å². The van der Waals surface area contributed by atoms with Gasteiger partial charge in [0.25, 0.3) is 0 Å². The van der Waals surface area contributed by atoms with Crippen LogP contribution < -0.4 is 10.1 Å². The smallest absolute Gasteiger partial charge is 0.169 e. The van der Waals surface area contributed by atoms with Crippen molar-refractivity contribution >= 4 is 11.8 Å². The lowest BCUT2D eigenvalue weighted by atomic mass is 10.3. The predicted octanol–water partition coefficient (Wildman–Crippen LogP) is 6.29. The minimum Gasteiger partial charge on any atom is -0.504 e. The van der Waals surface area contributed by atoms with Crippen LogP contribution in [0.1, 0.15) is 41.5 Å². The number of aromatic hydroxyl groups is 1. The molecule has 0 bridgehead atoms. The highest BCUT2D eigenvalue weighted by Gasteiger charge is 2.14. The second-order valence-corrected chi connectivity index (χ2v) is 6.30. The van der Waals surface area contributed by atoms with Gasteiger partial charge in [-0.3, -0.25) is 0 Å². The average molecular weight is 364 g/mol. The fourth-order valence-corrected chi connectivity index (χ4v) is 2.95. The standard InChI is InChI=1S/C12H10O2.C5H11NS.2C2H6/c13-11-8-4-5-9-12(11)14-10-6-2-1-3-7-10;1-4-3-7-5(2)6-4;2*1-2/h1-9,13H;4-6H,3H2,1-2H3;2*1-2H3. The summed E-state index contributed by atoms with van der Waals surface area (Å²) in [7, 11) is 0. The summed E-state index contributed by atoms with van der Waals surface area (Å²) in [6, 6.07) is 17.0. The van der Waals surface area contributed by atoms with Crippen molar-refractivity contribution in [2.75, 3.05) is 5.75 Å². The van der Waals surface area contributed by atoms with Crippen molar-refractivity contribution in [3.05, 3.63) is 54.6 Å². The normalized spacial score (nSPS) is 17.7. The van der Waals surface area contributed by atoms with E-state index in [4.69, 9.17) is 4.74 Å². The molecule has 25 heavy (non-hydrogen) atoms. The van der Waals surface area contributed by atoms with Crippen LogP contribution >= 0.6 is 11.8 Å². The highest BCUT2D eigenvalue weighted by molar-refractivity contribution is 8.00. The molecule has 0 saturated carbocycles. The average Bonchev–Trinajstić information content (AvgIpc) is 3.05. The molecular formula is C21H33NO2S. The zero-order chi connectivity index (χ0) is 19.1. The Morgan fingerprint density at radius 2 is 1.48 bits per heavy atom. The van der Waals surface area contributed by atoms with Gasteiger partial charge in [-0.15, -0.1) is 11.8 Å². The summed E-state index contributed by atoms with van der Waals surface area (Å²) >= 11 is 1.99. The van der Waals surface area contributed by atoms with Crippen molar-refractivity contribution in [2.24, 2.45) is 0 Å². The number of para-hydroxylation sites is 3. The van der Waals surface area contributed by atoms with E-state index in [-0.39, 0.29) is 5.75 Å². The minimum absolute atomic E-state index is 0.149. The maximum atomic E-state index is 9.45. The lowest BCUT2D eigenvalue weighted by Crippen LogP contribution is -2.24. The summed E-state index contributed by atoms with van der Waals surface area (Å²) < 4.78 is 5.46. The first-order valence-electron chi connectivity index (χ1n) is 9.03. The third-order valence-electron chi connectivity index (χ3n) is 2.95. The van der Waals surface area contributed by atoms with Crippen LogP contribution in [0.3, 0.4) is 0 Å². The molecule has 1 aliphatic heterocycles. The molecule has 4 heteroatoms. The quantitative estimate of drug-likeness (QED) is 0.657. The zero-order valence-corrected chi connectivity index (χ0v) is 17.1. The van der Waals surface area contributed by atoms with Crippen LogP contribution in [0.5, 0.6) is 17.2 Å². The molecule has 0 aliphatic carbocycles. The van der Waals surface area contributed by atoms with Crippen LogP contribution in [0, 0.1) is 0 Å². The van der Waals surface area contributed by atoms with Gasteiger partial charge >= 0.3 is 0 Å². The Morgan fingerprint density at radius 1 is 0.920 bits per heavy atom. The first-order chi connectivity index (χ1) is 12.1. The Morgan fingerprint density at radius 3 is 1.92 bits per heavy atom. The summed E-state index contributed by atoms with van der Waals surface area (Å²) in [5, 5.41) is 13.5. The van der Waals surface area contributed by atoms with Gasteiger partial charge in [0.1, 0.15) is 5.75 Å². The lowest BCUT2D eigenvalue weighted by molar-refractivity contribution is 0.411. The molecule has 0 amide bonds. The second kappa shape index (κ2) is 14.7. The van der Waals surface area contributed by atoms with Gasteiger partial charge in [-0.1, -0.05) is 58.0 Å². The molecule has 0 aromatic heterocycles. The number of ether oxygens (including phenoxy) is 1. The van der Waals surface area contributed by atoms with Gasteiger partial charge in [0.05, 0.1) is 5.37 Å². The van der Waals surface area contributed by atoms with E-state index in [0.717, 1.165) is 6.04 Å². The van der Waals surface area contributed by atoms with E-state index in [0.29, 0.717) is 16.9 Å². The van der Waals surface area contributed by atoms with Crippen molar-refractivity contribution in [1.29, 1.82) is 0 Å². The molecule has 140 valence electrons. The van der Waals surface area contributed by atoms with Gasteiger partial charge in [-0.2, -0.15) is 0 Å². The molecule has 1 aliphatic rings. The Kier molecular flexibility index (Phi) is 13.7. The second-order valence-electron chi connectivity index (χ2n) is 4.93. The summed E-state index contributed by atoms with van der Waals surface area (Å²) in [6.07, 6.45) is 0. The van der Waals surface area contributed by atoms with Crippen molar-refractivity contribution in [2.45, 2.75) is 53.0 Å². The largest absolute Gasteiger partial charge is 0.504 e. The number of rotatable bonds is 2. The Bertz CT molecular complexity index is 541. The summed E-state index contributed by atoms with van der Waals surface area (Å²) in [5.74, 6) is 2.62. The van der Waals surface area contributed by atoms with Gasteiger partial charge in [-0.05, 0) is 38.1 Å². The highest BCUT2D eigenvalue weighted by Crippen LogP contribution is 2.29. The topological polar surface area (TPSA) is 41.5 Å². The molecule has 0 radical (unpaired) electrons. The Balaban J connectivity index is 0.000000441. The molecular weight excluding hydrogens is 330 g/mol. The summed E-state index contributed by atoms with van der Waals surface area (Å²) in [5.41, 5.74) is 0. The molecule has 2 aromatic rings. The fourth-order valence-electron chi connectivity index (χ4n) is 1.94. The molecule has 1 saturated heterocycles. The van der Waals surface area contributed by atoms with Crippen LogP contribution in [0.2, 0.25) is 0 Å². The van der Waals surface area contributed by atoms with Crippen molar-refractivity contribution in [3.8, 4) is 17.2 Å². The zero-order valence-electron chi connectivity index (χ0n) is 16.3. The van der Waals surface area contributed by atoms with Gasteiger partial charge in [0.2, 0.25) is 0 Å². The van der Waals surface area contributed by atoms with Crippen molar-refractivity contribution in [3.63, 3.8) is 0 Å². The number of benzene rings is 2. The molecule has 2 aromatic carbocycles. The maximum Gasteiger partial charge on any atom is 0.169 e. The lowest BCUT2D eigenvalue weighted by Gasteiger charge is -2.06. The molecule has 2 N–H and O–H groups in total. The Hall–Kier alpha value is -1.65. The highest BCUT2D eigenvalue weighted by atomic mass is 32.2. The fraction of sp³-hybridized carbons (Fsp3) is 0.429. The first-order valence-corrected chi connectivity index (χ1v) is 10.1. The molecule has 2 atom stereocenters. The number of nitrogens with one attached hydrogen (secondary N) is 1. The van der Waals surface area contributed by atoms with Crippen LogP contribution in [0.4, 0.5) is 0 Å². The molecule has 0 spiro atoms. The van der Waals surface area contributed by atoms with E-state index in [9.17, 15) is 5.11 Å². The van der Waals surface area contributed by atoms with Crippen LogP contribution in [0.25, 0.3) is 0 Å². The van der Waals surface area contributed by atoms with E-state index >= 15 is 0 Å². The third-order valence-corrected chi connectivity index (χ3v) is 4.28. The molecule has 3 nitrogen and oxygen atoms in total. The van der Waals surface area contributed by atoms with Crippen LogP contribution in [0.15, 0.2) is 54.6 Å². The van der Waals surface area contributed by atoms with Gasteiger partial charge in [0, 0.05) is 11.8 Å². The summed E-state index contributed by atoms with van der Waals surface area (Å²) in [6.45, 7) is 12.4. The SMILES string of the molecule is CC.CC.CC1CSC(C)N1.Oc1ccccc1Oc1ccccc1. The first kappa shape index (κ1) is 23.4. The maximum absolute atomic E-state index is 9.45. The number of hydrogen-bond donors (Lipinski definition) is 2. The van der Waals surface area contributed by atoms with E-state index in [1.54, 1.807) is 18.2 Å². The number of phenolic OH excluding ortho intramolecular Hbond substituents is 1. The summed E-state index contributed by atoms with van der Waals surface area (Å²) in [4.78, 5) is 0. The van der Waals surface area contributed by atoms with Crippen LogP contribution in [-0.4, -0.2) is 22.3 Å². The number of phenols is 1. The predicted molar refractivity (Wildman–Crippen MR) is 112 cm³/mol.